The van der Waals surface area contributed by atoms with Crippen molar-refractivity contribution in [2.24, 2.45) is 5.73 Å². The van der Waals surface area contributed by atoms with Crippen molar-refractivity contribution in [2.45, 2.75) is 37.5 Å². The second-order valence-electron chi connectivity index (χ2n) is 11.7. The van der Waals surface area contributed by atoms with E-state index in [2.05, 4.69) is 21.3 Å². The fourth-order valence-electron chi connectivity index (χ4n) is 5.67. The number of amides is 4. The molecule has 0 radical (unpaired) electrons. The van der Waals surface area contributed by atoms with E-state index >= 15 is 0 Å². The number of nitrogens with zero attached hydrogens (tertiary/aromatic N) is 1. The van der Waals surface area contributed by atoms with E-state index < -0.39 is 35.8 Å². The maximum Gasteiger partial charge on any atom is 0.244 e. The van der Waals surface area contributed by atoms with Crippen molar-refractivity contribution >= 4 is 34.4 Å². The van der Waals surface area contributed by atoms with Crippen LogP contribution in [-0.2, 0) is 38.6 Å². The molecular formula is C36H40N6O5. The Morgan fingerprint density at radius 1 is 0.872 bits per heavy atom. The highest BCUT2D eigenvalue weighted by atomic mass is 16.3. The molecule has 1 heterocycles. The van der Waals surface area contributed by atoms with Gasteiger partial charge in [-0.05, 0) is 46.0 Å². The summed E-state index contributed by atoms with van der Waals surface area (Å²) in [6, 6.07) is 26.9. The van der Waals surface area contributed by atoms with Gasteiger partial charge in [0, 0.05) is 32.6 Å². The maximum absolute atomic E-state index is 13.6. The Hall–Kier alpha value is -5.26. The van der Waals surface area contributed by atoms with Crippen LogP contribution in [0.3, 0.4) is 0 Å². The largest absolute Gasteiger partial charge is 0.508 e. The van der Waals surface area contributed by atoms with Gasteiger partial charge in [0.05, 0.1) is 12.6 Å². The molecule has 5 rings (SSSR count). The van der Waals surface area contributed by atoms with Crippen LogP contribution < -0.4 is 27.0 Å². The van der Waals surface area contributed by atoms with Crippen molar-refractivity contribution in [3.8, 4) is 5.75 Å². The number of nitrogens with two attached hydrogens (primary N) is 1. The molecule has 1 aliphatic rings. The minimum atomic E-state index is -1.05. The number of carbonyl (C=O) groups is 4. The number of carbonyl (C=O) groups excluding carboxylic acids is 4. The number of aromatic hydroxyl groups is 1. The zero-order valence-corrected chi connectivity index (χ0v) is 26.0. The van der Waals surface area contributed by atoms with Gasteiger partial charge in [-0.1, -0.05) is 84.9 Å². The van der Waals surface area contributed by atoms with Gasteiger partial charge >= 0.3 is 0 Å². The van der Waals surface area contributed by atoms with Crippen molar-refractivity contribution in [1.29, 1.82) is 0 Å². The molecule has 1 fully saturated rings. The summed E-state index contributed by atoms with van der Waals surface area (Å²) < 4.78 is 0. The monoisotopic (exact) mass is 636 g/mol. The fourth-order valence-corrected chi connectivity index (χ4v) is 5.67. The van der Waals surface area contributed by atoms with Gasteiger partial charge in [0.1, 0.15) is 17.8 Å². The van der Waals surface area contributed by atoms with Gasteiger partial charge in [0.25, 0.3) is 0 Å². The number of benzene rings is 4. The van der Waals surface area contributed by atoms with Crippen LogP contribution >= 0.6 is 0 Å². The van der Waals surface area contributed by atoms with E-state index in [1.807, 2.05) is 77.7 Å². The van der Waals surface area contributed by atoms with Crippen molar-refractivity contribution < 1.29 is 24.3 Å². The van der Waals surface area contributed by atoms with Crippen LogP contribution in [0.15, 0.2) is 97.1 Å². The normalized spacial score (nSPS) is 18.9. The van der Waals surface area contributed by atoms with Gasteiger partial charge < -0.3 is 32.1 Å². The van der Waals surface area contributed by atoms with E-state index in [-0.39, 0.29) is 44.1 Å². The lowest BCUT2D eigenvalue weighted by atomic mass is 10.0. The summed E-state index contributed by atoms with van der Waals surface area (Å²) in [5, 5.41) is 22.9. The van der Waals surface area contributed by atoms with Crippen LogP contribution in [0.5, 0.6) is 5.75 Å². The van der Waals surface area contributed by atoms with Crippen LogP contribution in [-0.4, -0.2) is 77.9 Å². The molecule has 0 saturated carbocycles. The van der Waals surface area contributed by atoms with Gasteiger partial charge in [-0.25, -0.2) is 0 Å². The number of phenols is 1. The first-order valence-corrected chi connectivity index (χ1v) is 15.7. The number of hydrogen-bond acceptors (Lipinski definition) is 7. The summed E-state index contributed by atoms with van der Waals surface area (Å²) >= 11 is 0. The van der Waals surface area contributed by atoms with Crippen molar-refractivity contribution in [3.63, 3.8) is 0 Å². The second kappa shape index (κ2) is 15.8. The van der Waals surface area contributed by atoms with Crippen LogP contribution in [0, 0.1) is 0 Å². The van der Waals surface area contributed by atoms with Gasteiger partial charge in [0.15, 0.2) is 0 Å². The smallest absolute Gasteiger partial charge is 0.244 e. The summed E-state index contributed by atoms with van der Waals surface area (Å²) in [5.41, 5.74) is 8.90. The van der Waals surface area contributed by atoms with Gasteiger partial charge in [-0.2, -0.15) is 0 Å². The molecule has 0 aromatic heterocycles. The van der Waals surface area contributed by atoms with E-state index in [0.717, 1.165) is 27.5 Å². The lowest BCUT2D eigenvalue weighted by Gasteiger charge is -2.29. The third-order valence-corrected chi connectivity index (χ3v) is 8.16. The van der Waals surface area contributed by atoms with Crippen molar-refractivity contribution in [3.05, 3.63) is 114 Å². The maximum atomic E-state index is 13.6. The summed E-state index contributed by atoms with van der Waals surface area (Å²) in [6.45, 7) is 0.749. The predicted molar refractivity (Wildman–Crippen MR) is 179 cm³/mol. The molecule has 4 aromatic rings. The fraction of sp³-hybridized carbons (Fsp3) is 0.278. The molecule has 0 spiro atoms. The average molecular weight is 637 g/mol. The standard InChI is InChI=1S/C36H40N6O5/c37-30(19-25-13-15-28(43)16-14-25)34(45)41-32-23-42(22-27-11-6-10-26-9-4-5-12-29(26)27)18-17-38-35(46)31(20-24-7-2-1-3-8-24)40-33(44)21-39-36(32)47/h1-16,30-32,43H,17-23,37H2,(H,38,46)(H,39,47)(H,40,44)(H,41,45)/t30-,31-,32?/m0/s1. The van der Waals surface area contributed by atoms with Gasteiger partial charge in [0.2, 0.25) is 23.6 Å². The third-order valence-electron chi connectivity index (χ3n) is 8.16. The Morgan fingerprint density at radius 2 is 1.60 bits per heavy atom. The molecule has 4 aromatic carbocycles. The summed E-state index contributed by atoms with van der Waals surface area (Å²) in [5.74, 6) is -1.84. The van der Waals surface area contributed by atoms with E-state index in [4.69, 9.17) is 5.73 Å². The Balaban J connectivity index is 1.38. The van der Waals surface area contributed by atoms with Gasteiger partial charge in [-0.15, -0.1) is 0 Å². The highest BCUT2D eigenvalue weighted by molar-refractivity contribution is 5.93. The Morgan fingerprint density at radius 3 is 2.38 bits per heavy atom. The van der Waals surface area contributed by atoms with Crippen LogP contribution in [0.25, 0.3) is 10.8 Å². The Labute approximate surface area is 273 Å². The molecule has 0 aliphatic carbocycles. The molecule has 3 atom stereocenters. The SMILES string of the molecule is N[C@@H](Cc1ccc(O)cc1)C(=O)NC1CN(Cc2cccc3ccccc23)CCNC(=O)[C@H](Cc2ccccc2)NC(=O)CNC1=O. The number of nitrogens with one attached hydrogen (secondary N) is 4. The summed E-state index contributed by atoms with van der Waals surface area (Å²) in [4.78, 5) is 55.1. The van der Waals surface area contributed by atoms with Gasteiger partial charge in [-0.3, -0.25) is 24.1 Å². The van der Waals surface area contributed by atoms with E-state index in [0.29, 0.717) is 13.1 Å². The first-order chi connectivity index (χ1) is 22.7. The lowest BCUT2D eigenvalue weighted by Crippen LogP contribution is -2.57. The molecule has 1 aliphatic heterocycles. The van der Waals surface area contributed by atoms with Crippen molar-refractivity contribution in [1.82, 2.24) is 26.2 Å². The minimum Gasteiger partial charge on any atom is -0.508 e. The first-order valence-electron chi connectivity index (χ1n) is 15.7. The topological polar surface area (TPSA) is 166 Å². The quantitative estimate of drug-likeness (QED) is 0.170. The first kappa shape index (κ1) is 33.1. The van der Waals surface area contributed by atoms with E-state index in [1.165, 1.54) is 12.1 Å². The van der Waals surface area contributed by atoms with Crippen LogP contribution in [0.2, 0.25) is 0 Å². The lowest BCUT2D eigenvalue weighted by molar-refractivity contribution is -0.132. The number of rotatable bonds is 8. The average Bonchev–Trinajstić information content (AvgIpc) is 3.08. The highest BCUT2D eigenvalue weighted by Gasteiger charge is 2.29. The highest BCUT2D eigenvalue weighted by Crippen LogP contribution is 2.20. The predicted octanol–water partition coefficient (Wildman–Crippen LogP) is 1.38. The molecule has 1 unspecified atom stereocenters. The zero-order valence-electron chi connectivity index (χ0n) is 26.0. The third kappa shape index (κ3) is 9.38. The Bertz CT molecular complexity index is 1690. The minimum absolute atomic E-state index is 0.0949. The molecule has 1 saturated heterocycles. The zero-order chi connectivity index (χ0) is 33.2. The molecule has 7 N–H and O–H groups in total. The second-order valence-corrected chi connectivity index (χ2v) is 11.7. The van der Waals surface area contributed by atoms with Crippen LogP contribution in [0.4, 0.5) is 0 Å². The molecular weight excluding hydrogens is 596 g/mol. The van der Waals surface area contributed by atoms with E-state index in [9.17, 15) is 24.3 Å². The molecule has 11 heteroatoms. The molecule has 4 amide bonds. The number of hydrogen-bond donors (Lipinski definition) is 6. The molecule has 11 nitrogen and oxygen atoms in total. The summed E-state index contributed by atoms with van der Waals surface area (Å²) in [7, 11) is 0. The molecule has 0 bridgehead atoms. The number of fused-ring (bicyclic) bond motifs is 1. The molecule has 47 heavy (non-hydrogen) atoms. The molecule has 244 valence electrons. The number of phenolic OH excluding ortho intramolecular Hbond substituents is 1. The van der Waals surface area contributed by atoms with Crippen molar-refractivity contribution in [2.75, 3.05) is 26.2 Å². The Kier molecular flexibility index (Phi) is 11.2. The summed E-state index contributed by atoms with van der Waals surface area (Å²) in [6.07, 6.45) is 0.473. The van der Waals surface area contributed by atoms with Crippen LogP contribution in [0.1, 0.15) is 16.7 Å². The van der Waals surface area contributed by atoms with E-state index in [1.54, 1.807) is 12.1 Å².